The molecular weight excluding hydrogens is 412 g/mol. The molecule has 0 aromatic heterocycles. The molecule has 1 heterocycles. The average molecular weight is 441 g/mol. The SMILES string of the molecule is CO[C@@H]1C2C3c4ccccc4C(c4ccccc43)C2[C@H](OC)[C@H]2OC(c3ccccc3)O[C@H]21. The highest BCUT2D eigenvalue weighted by atomic mass is 16.7. The number of rotatable bonds is 3. The van der Waals surface area contributed by atoms with E-state index in [1.807, 2.05) is 32.4 Å². The van der Waals surface area contributed by atoms with Gasteiger partial charge in [-0.2, -0.15) is 0 Å². The van der Waals surface area contributed by atoms with Gasteiger partial charge in [0.25, 0.3) is 0 Å². The first-order valence-corrected chi connectivity index (χ1v) is 11.9. The summed E-state index contributed by atoms with van der Waals surface area (Å²) >= 11 is 0. The van der Waals surface area contributed by atoms with Crippen molar-refractivity contribution >= 4 is 0 Å². The van der Waals surface area contributed by atoms with Crippen LogP contribution in [0.3, 0.4) is 0 Å². The van der Waals surface area contributed by atoms with E-state index in [0.717, 1.165) is 5.56 Å². The Labute approximate surface area is 194 Å². The third kappa shape index (κ3) is 2.66. The Bertz CT molecular complexity index is 1060. The van der Waals surface area contributed by atoms with Crippen LogP contribution in [0.1, 0.15) is 45.9 Å². The summed E-state index contributed by atoms with van der Waals surface area (Å²) in [5, 5.41) is 0. The number of benzene rings is 3. The zero-order valence-corrected chi connectivity index (χ0v) is 18.8. The Hall–Kier alpha value is -2.50. The van der Waals surface area contributed by atoms with E-state index in [4.69, 9.17) is 18.9 Å². The van der Waals surface area contributed by atoms with Crippen molar-refractivity contribution in [3.63, 3.8) is 0 Å². The van der Waals surface area contributed by atoms with Crippen LogP contribution in [0.4, 0.5) is 0 Å². The Morgan fingerprint density at radius 1 is 0.545 bits per heavy atom. The van der Waals surface area contributed by atoms with Crippen LogP contribution in [0.5, 0.6) is 0 Å². The van der Waals surface area contributed by atoms with Gasteiger partial charge in [-0.3, -0.25) is 0 Å². The molecule has 0 N–H and O–H groups in total. The normalized spacial score (nSPS) is 37.7. The second kappa shape index (κ2) is 7.51. The van der Waals surface area contributed by atoms with Gasteiger partial charge in [0, 0.05) is 43.5 Å². The molecule has 0 amide bonds. The fourth-order valence-corrected chi connectivity index (χ4v) is 7.37. The minimum Gasteiger partial charge on any atom is -0.378 e. The summed E-state index contributed by atoms with van der Waals surface area (Å²) < 4.78 is 25.7. The van der Waals surface area contributed by atoms with Crippen molar-refractivity contribution in [2.75, 3.05) is 14.2 Å². The summed E-state index contributed by atoms with van der Waals surface area (Å²) in [4.78, 5) is 0. The van der Waals surface area contributed by atoms with E-state index < -0.39 is 6.29 Å². The number of hydrogen-bond acceptors (Lipinski definition) is 4. The summed E-state index contributed by atoms with van der Waals surface area (Å²) in [7, 11) is 3.65. The minimum atomic E-state index is -0.404. The second-order valence-corrected chi connectivity index (χ2v) is 9.71. The van der Waals surface area contributed by atoms with Crippen LogP contribution in [0.25, 0.3) is 0 Å². The zero-order chi connectivity index (χ0) is 22.1. The number of methoxy groups -OCH3 is 2. The summed E-state index contributed by atoms with van der Waals surface area (Å²) in [5.41, 5.74) is 6.74. The van der Waals surface area contributed by atoms with Crippen LogP contribution in [0.15, 0.2) is 78.9 Å². The number of fused-ring (bicyclic) bond motifs is 1. The highest BCUT2D eigenvalue weighted by molar-refractivity contribution is 5.57. The first-order valence-electron chi connectivity index (χ1n) is 11.9. The third-order valence-electron chi connectivity index (χ3n) is 8.45. The lowest BCUT2D eigenvalue weighted by Gasteiger charge is -2.58. The molecule has 3 aromatic rings. The van der Waals surface area contributed by atoms with Crippen molar-refractivity contribution in [1.29, 1.82) is 0 Å². The topological polar surface area (TPSA) is 36.9 Å². The molecule has 3 unspecified atom stereocenters. The maximum atomic E-state index is 6.59. The van der Waals surface area contributed by atoms with E-state index in [1.165, 1.54) is 22.3 Å². The summed E-state index contributed by atoms with van der Waals surface area (Å²) in [5.74, 6) is 1.04. The molecule has 4 aliphatic carbocycles. The number of ether oxygens (including phenoxy) is 4. The predicted molar refractivity (Wildman–Crippen MR) is 124 cm³/mol. The average Bonchev–Trinajstić information content (AvgIpc) is 3.32. The van der Waals surface area contributed by atoms with E-state index in [2.05, 4.69) is 60.7 Å². The molecule has 8 rings (SSSR count). The molecule has 2 bridgehead atoms. The molecule has 1 saturated carbocycles. The van der Waals surface area contributed by atoms with E-state index in [-0.39, 0.29) is 48.1 Å². The largest absolute Gasteiger partial charge is 0.378 e. The van der Waals surface area contributed by atoms with Crippen molar-refractivity contribution < 1.29 is 18.9 Å². The Morgan fingerprint density at radius 3 is 1.33 bits per heavy atom. The third-order valence-corrected chi connectivity index (χ3v) is 8.45. The molecule has 1 aliphatic heterocycles. The first-order chi connectivity index (χ1) is 16.3. The van der Waals surface area contributed by atoms with Crippen LogP contribution < -0.4 is 0 Å². The lowest BCUT2D eigenvalue weighted by molar-refractivity contribution is -0.170. The van der Waals surface area contributed by atoms with Crippen molar-refractivity contribution in [2.45, 2.75) is 42.5 Å². The van der Waals surface area contributed by atoms with Crippen LogP contribution in [0, 0.1) is 11.8 Å². The van der Waals surface area contributed by atoms with Gasteiger partial charge in [-0.25, -0.2) is 0 Å². The van der Waals surface area contributed by atoms with Crippen LogP contribution in [-0.4, -0.2) is 38.6 Å². The fraction of sp³-hybridized carbons (Fsp3) is 0.379. The molecule has 4 heteroatoms. The van der Waals surface area contributed by atoms with Crippen molar-refractivity contribution in [3.8, 4) is 0 Å². The fourth-order valence-electron chi connectivity index (χ4n) is 7.37. The highest BCUT2D eigenvalue weighted by Crippen LogP contribution is 2.64. The first kappa shape index (κ1) is 19.9. The van der Waals surface area contributed by atoms with Crippen molar-refractivity contribution in [2.24, 2.45) is 11.8 Å². The van der Waals surface area contributed by atoms with Gasteiger partial charge in [0.1, 0.15) is 12.2 Å². The lowest BCUT2D eigenvalue weighted by atomic mass is 9.49. The summed E-state index contributed by atoms with van der Waals surface area (Å²) in [6.07, 6.45) is -0.905. The quantitative estimate of drug-likeness (QED) is 0.572. The summed E-state index contributed by atoms with van der Waals surface area (Å²) in [6, 6.07) is 28.1. The molecule has 0 radical (unpaired) electrons. The second-order valence-electron chi connectivity index (χ2n) is 9.71. The molecule has 0 spiro atoms. The van der Waals surface area contributed by atoms with E-state index >= 15 is 0 Å². The predicted octanol–water partition coefficient (Wildman–Crippen LogP) is 5.04. The molecule has 1 saturated heterocycles. The smallest absolute Gasteiger partial charge is 0.184 e. The van der Waals surface area contributed by atoms with Gasteiger partial charge < -0.3 is 18.9 Å². The Balaban J connectivity index is 1.39. The lowest BCUT2D eigenvalue weighted by Crippen LogP contribution is -2.63. The van der Waals surface area contributed by atoms with Gasteiger partial charge >= 0.3 is 0 Å². The van der Waals surface area contributed by atoms with E-state index in [9.17, 15) is 0 Å². The molecule has 168 valence electrons. The standard InChI is InChI=1S/C29H28O4/c1-30-25-23-21-17-12-6-8-14-19(17)22(20-15-9-7-13-18(20)21)24(23)26(31-2)28-27(25)32-29(33-28)16-10-4-3-5-11-16/h3-15,21-29H,1-2H3/t21?,22?,23?,24?,25-,26+,27+,28-,29?. The maximum absolute atomic E-state index is 6.59. The molecule has 4 nitrogen and oxygen atoms in total. The zero-order valence-electron chi connectivity index (χ0n) is 18.8. The molecule has 7 atom stereocenters. The van der Waals surface area contributed by atoms with Gasteiger partial charge in [0.05, 0.1) is 12.2 Å². The van der Waals surface area contributed by atoms with Crippen molar-refractivity contribution in [1.82, 2.24) is 0 Å². The monoisotopic (exact) mass is 440 g/mol. The van der Waals surface area contributed by atoms with Crippen LogP contribution in [-0.2, 0) is 18.9 Å². The Kier molecular flexibility index (Phi) is 4.53. The molecule has 5 aliphatic rings. The van der Waals surface area contributed by atoms with Gasteiger partial charge in [0.2, 0.25) is 0 Å². The van der Waals surface area contributed by atoms with Gasteiger partial charge in [-0.05, 0) is 22.3 Å². The minimum absolute atomic E-state index is 0.0747. The van der Waals surface area contributed by atoms with Gasteiger partial charge in [-0.15, -0.1) is 0 Å². The van der Waals surface area contributed by atoms with Gasteiger partial charge in [-0.1, -0.05) is 78.9 Å². The van der Waals surface area contributed by atoms with E-state index in [0.29, 0.717) is 0 Å². The van der Waals surface area contributed by atoms with E-state index in [1.54, 1.807) is 0 Å². The highest BCUT2D eigenvalue weighted by Gasteiger charge is 2.64. The molecule has 2 fully saturated rings. The Morgan fingerprint density at radius 2 is 0.939 bits per heavy atom. The number of hydrogen-bond donors (Lipinski definition) is 0. The van der Waals surface area contributed by atoms with Crippen LogP contribution >= 0.6 is 0 Å². The molecule has 33 heavy (non-hydrogen) atoms. The van der Waals surface area contributed by atoms with Crippen LogP contribution in [0.2, 0.25) is 0 Å². The van der Waals surface area contributed by atoms with Crippen molar-refractivity contribution in [3.05, 3.63) is 107 Å². The maximum Gasteiger partial charge on any atom is 0.184 e. The molecule has 3 aromatic carbocycles. The van der Waals surface area contributed by atoms with Gasteiger partial charge in [0.15, 0.2) is 6.29 Å². The summed E-state index contributed by atoms with van der Waals surface area (Å²) in [6.45, 7) is 0. The molecular formula is C29H28O4.